The predicted octanol–water partition coefficient (Wildman–Crippen LogP) is 3.81. The molecule has 1 heteroatoms. The molecule has 0 aliphatic heterocycles. The SMILES string of the molecule is O=C1CC(c2ccccc2)=Cc2ccccc21. The summed E-state index contributed by atoms with van der Waals surface area (Å²) in [5.41, 5.74) is 4.11. The average molecular weight is 220 g/mol. The molecule has 3 rings (SSSR count). The van der Waals surface area contributed by atoms with Crippen molar-refractivity contribution in [3.8, 4) is 0 Å². The monoisotopic (exact) mass is 220 g/mol. The molecule has 2 aromatic carbocycles. The maximum absolute atomic E-state index is 12.0. The fraction of sp³-hybridized carbons (Fsp3) is 0.0625. The molecule has 2 aromatic rings. The van der Waals surface area contributed by atoms with E-state index in [1.807, 2.05) is 54.6 Å². The van der Waals surface area contributed by atoms with E-state index in [1.54, 1.807) is 0 Å². The molecular formula is C16H12O. The fourth-order valence-corrected chi connectivity index (χ4v) is 2.22. The van der Waals surface area contributed by atoms with Crippen LogP contribution in [0.4, 0.5) is 0 Å². The number of carbonyl (C=O) groups excluding carboxylic acids is 1. The Morgan fingerprint density at radius 1 is 0.824 bits per heavy atom. The number of carbonyl (C=O) groups is 1. The summed E-state index contributed by atoms with van der Waals surface area (Å²) in [6.45, 7) is 0. The molecule has 0 amide bonds. The van der Waals surface area contributed by atoms with Gasteiger partial charge >= 0.3 is 0 Å². The molecule has 0 spiro atoms. The van der Waals surface area contributed by atoms with Crippen molar-refractivity contribution in [2.45, 2.75) is 6.42 Å². The highest BCUT2D eigenvalue weighted by Gasteiger charge is 2.18. The van der Waals surface area contributed by atoms with Gasteiger partial charge in [0.15, 0.2) is 5.78 Å². The van der Waals surface area contributed by atoms with Crippen LogP contribution in [0.1, 0.15) is 27.9 Å². The molecule has 0 N–H and O–H groups in total. The maximum Gasteiger partial charge on any atom is 0.167 e. The zero-order valence-electron chi connectivity index (χ0n) is 9.39. The first-order chi connectivity index (χ1) is 8.34. The van der Waals surface area contributed by atoms with E-state index in [1.165, 1.54) is 0 Å². The second-order valence-electron chi connectivity index (χ2n) is 4.22. The number of benzene rings is 2. The Kier molecular flexibility index (Phi) is 2.37. The highest BCUT2D eigenvalue weighted by molar-refractivity contribution is 6.11. The van der Waals surface area contributed by atoms with Crippen LogP contribution in [0, 0.1) is 0 Å². The maximum atomic E-state index is 12.0. The molecule has 1 nitrogen and oxygen atoms in total. The van der Waals surface area contributed by atoms with E-state index in [0.29, 0.717) is 6.42 Å². The smallest absolute Gasteiger partial charge is 0.167 e. The minimum atomic E-state index is 0.210. The number of hydrogen-bond acceptors (Lipinski definition) is 1. The molecule has 0 heterocycles. The van der Waals surface area contributed by atoms with Crippen LogP contribution >= 0.6 is 0 Å². The molecule has 0 saturated carbocycles. The van der Waals surface area contributed by atoms with Gasteiger partial charge in [0.2, 0.25) is 0 Å². The topological polar surface area (TPSA) is 17.1 Å². The summed E-state index contributed by atoms with van der Waals surface area (Å²) in [7, 11) is 0. The van der Waals surface area contributed by atoms with Crippen LogP contribution in [0.25, 0.3) is 11.6 Å². The number of ketones is 1. The van der Waals surface area contributed by atoms with Gasteiger partial charge in [-0.2, -0.15) is 0 Å². The van der Waals surface area contributed by atoms with E-state index in [2.05, 4.69) is 6.08 Å². The Hall–Kier alpha value is -2.15. The van der Waals surface area contributed by atoms with Crippen molar-refractivity contribution in [3.05, 3.63) is 71.3 Å². The van der Waals surface area contributed by atoms with Gasteiger partial charge in [-0.15, -0.1) is 0 Å². The lowest BCUT2D eigenvalue weighted by Gasteiger charge is -2.15. The fourth-order valence-electron chi connectivity index (χ4n) is 2.22. The van der Waals surface area contributed by atoms with Crippen LogP contribution in [0.5, 0.6) is 0 Å². The zero-order valence-corrected chi connectivity index (χ0v) is 9.39. The highest BCUT2D eigenvalue weighted by Crippen LogP contribution is 2.29. The van der Waals surface area contributed by atoms with Crippen LogP contribution in [-0.4, -0.2) is 5.78 Å². The molecular weight excluding hydrogens is 208 g/mol. The van der Waals surface area contributed by atoms with Gasteiger partial charge in [0.05, 0.1) is 0 Å². The van der Waals surface area contributed by atoms with Crippen LogP contribution in [0.3, 0.4) is 0 Å². The lowest BCUT2D eigenvalue weighted by atomic mass is 9.88. The quantitative estimate of drug-likeness (QED) is 0.714. The summed E-state index contributed by atoms with van der Waals surface area (Å²) in [5, 5.41) is 0. The van der Waals surface area contributed by atoms with Crippen LogP contribution in [0.15, 0.2) is 54.6 Å². The van der Waals surface area contributed by atoms with E-state index in [-0.39, 0.29) is 5.78 Å². The van der Waals surface area contributed by atoms with Crippen molar-refractivity contribution >= 4 is 17.4 Å². The normalized spacial score (nSPS) is 14.1. The highest BCUT2D eigenvalue weighted by atomic mass is 16.1. The summed E-state index contributed by atoms with van der Waals surface area (Å²) in [6, 6.07) is 17.9. The zero-order chi connectivity index (χ0) is 11.7. The van der Waals surface area contributed by atoms with E-state index in [4.69, 9.17) is 0 Å². The van der Waals surface area contributed by atoms with E-state index >= 15 is 0 Å². The van der Waals surface area contributed by atoms with Gasteiger partial charge in [-0.25, -0.2) is 0 Å². The van der Waals surface area contributed by atoms with Crippen molar-refractivity contribution in [3.63, 3.8) is 0 Å². The predicted molar refractivity (Wildman–Crippen MR) is 69.7 cm³/mol. The molecule has 0 saturated heterocycles. The molecule has 17 heavy (non-hydrogen) atoms. The third kappa shape index (κ3) is 1.80. The van der Waals surface area contributed by atoms with Gasteiger partial charge < -0.3 is 0 Å². The van der Waals surface area contributed by atoms with Crippen LogP contribution < -0.4 is 0 Å². The van der Waals surface area contributed by atoms with Gasteiger partial charge in [-0.3, -0.25) is 4.79 Å². The second-order valence-corrected chi connectivity index (χ2v) is 4.22. The lowest BCUT2D eigenvalue weighted by molar-refractivity contribution is 0.0997. The number of fused-ring (bicyclic) bond motifs is 1. The first-order valence-electron chi connectivity index (χ1n) is 5.73. The molecule has 0 fully saturated rings. The van der Waals surface area contributed by atoms with Crippen LogP contribution in [0.2, 0.25) is 0 Å². The first-order valence-corrected chi connectivity index (χ1v) is 5.73. The number of rotatable bonds is 1. The molecule has 82 valence electrons. The average Bonchev–Trinajstić information content (AvgIpc) is 2.40. The van der Waals surface area contributed by atoms with Gasteiger partial charge in [0.25, 0.3) is 0 Å². The first kappa shape index (κ1) is 10.0. The van der Waals surface area contributed by atoms with E-state index < -0.39 is 0 Å². The molecule has 1 aliphatic carbocycles. The van der Waals surface area contributed by atoms with E-state index in [9.17, 15) is 4.79 Å². The summed E-state index contributed by atoms with van der Waals surface area (Å²) >= 11 is 0. The minimum absolute atomic E-state index is 0.210. The van der Waals surface area contributed by atoms with Gasteiger partial charge in [0.1, 0.15) is 0 Å². The lowest BCUT2D eigenvalue weighted by Crippen LogP contribution is -2.07. The van der Waals surface area contributed by atoms with Gasteiger partial charge in [-0.05, 0) is 22.8 Å². The van der Waals surface area contributed by atoms with Gasteiger partial charge in [0, 0.05) is 12.0 Å². The molecule has 0 unspecified atom stereocenters. The molecule has 0 radical (unpaired) electrons. The number of Topliss-reactive ketones (excluding diaryl/α,β-unsaturated/α-hetero) is 1. The van der Waals surface area contributed by atoms with E-state index in [0.717, 1.165) is 22.3 Å². The number of hydrogen-bond donors (Lipinski definition) is 0. The van der Waals surface area contributed by atoms with Crippen molar-refractivity contribution in [2.75, 3.05) is 0 Å². The summed E-state index contributed by atoms with van der Waals surface area (Å²) < 4.78 is 0. The number of allylic oxidation sites excluding steroid dienone is 1. The standard InChI is InChI=1S/C16H12O/c17-16-11-14(12-6-2-1-3-7-12)10-13-8-4-5-9-15(13)16/h1-10H,11H2. The van der Waals surface area contributed by atoms with Crippen LogP contribution in [-0.2, 0) is 0 Å². The molecule has 0 aromatic heterocycles. The van der Waals surface area contributed by atoms with Crippen molar-refractivity contribution in [1.29, 1.82) is 0 Å². The second kappa shape index (κ2) is 4.02. The third-order valence-electron chi connectivity index (χ3n) is 3.09. The summed E-state index contributed by atoms with van der Waals surface area (Å²) in [5.74, 6) is 0.210. The third-order valence-corrected chi connectivity index (χ3v) is 3.09. The van der Waals surface area contributed by atoms with Gasteiger partial charge in [-0.1, -0.05) is 54.6 Å². The molecule has 0 bridgehead atoms. The summed E-state index contributed by atoms with van der Waals surface area (Å²) in [6.07, 6.45) is 2.62. The van der Waals surface area contributed by atoms with Crippen molar-refractivity contribution in [2.24, 2.45) is 0 Å². The Balaban J connectivity index is 2.11. The minimum Gasteiger partial charge on any atom is -0.294 e. The Labute approximate surface area is 100 Å². The summed E-state index contributed by atoms with van der Waals surface area (Å²) in [4.78, 5) is 12.0. The molecule has 1 aliphatic rings. The Morgan fingerprint density at radius 2 is 1.53 bits per heavy atom. The Morgan fingerprint density at radius 3 is 2.35 bits per heavy atom. The largest absolute Gasteiger partial charge is 0.294 e. The molecule has 0 atom stereocenters. The van der Waals surface area contributed by atoms with Crippen molar-refractivity contribution in [1.82, 2.24) is 0 Å². The van der Waals surface area contributed by atoms with Crippen molar-refractivity contribution < 1.29 is 4.79 Å². The Bertz CT molecular complexity index is 594.